The molecule has 1 N–H and O–H groups in total. The largest absolute Gasteiger partial charge is 0.382 e. The minimum Gasteiger partial charge on any atom is -0.382 e. The quantitative estimate of drug-likeness (QED) is 0.660. The van der Waals surface area contributed by atoms with Crippen molar-refractivity contribution >= 4 is 38.9 Å². The highest BCUT2D eigenvalue weighted by molar-refractivity contribution is 9.10. The van der Waals surface area contributed by atoms with E-state index >= 15 is 0 Å². The van der Waals surface area contributed by atoms with Gasteiger partial charge in [-0.15, -0.1) is 0 Å². The Balaban J connectivity index is 3.38. The van der Waals surface area contributed by atoms with E-state index in [9.17, 15) is 10.1 Å². The first-order valence-electron chi connectivity index (χ1n) is 3.37. The topological polar surface area (TPSA) is 55.2 Å². The van der Waals surface area contributed by atoms with E-state index in [2.05, 4.69) is 21.2 Å². The first-order chi connectivity index (χ1) is 6.06. The molecule has 4 nitrogen and oxygen atoms in total. The molecule has 0 unspecified atom stereocenters. The van der Waals surface area contributed by atoms with Gasteiger partial charge in [0, 0.05) is 22.6 Å². The van der Waals surface area contributed by atoms with Crippen LogP contribution in [0.4, 0.5) is 11.4 Å². The van der Waals surface area contributed by atoms with Crippen molar-refractivity contribution < 1.29 is 4.92 Å². The number of nitrogens with zero attached hydrogens (tertiary/aromatic N) is 1. The van der Waals surface area contributed by atoms with Gasteiger partial charge in [0.25, 0.3) is 5.69 Å². The highest BCUT2D eigenvalue weighted by Crippen LogP contribution is 2.35. The minimum atomic E-state index is -0.484. The van der Waals surface area contributed by atoms with Gasteiger partial charge in [0.05, 0.1) is 4.92 Å². The Kier molecular flexibility index (Phi) is 3.11. The standard InChI is InChI=1S/C7H6BrClN2O2/c1-10-7-5(8)2-4(9)3-6(7)11(12)13/h2-3,10H,1H3. The van der Waals surface area contributed by atoms with Crippen molar-refractivity contribution in [2.45, 2.75) is 0 Å². The molecular formula is C7H6BrClN2O2. The van der Waals surface area contributed by atoms with Gasteiger partial charge < -0.3 is 5.32 Å². The lowest BCUT2D eigenvalue weighted by Crippen LogP contribution is -1.97. The van der Waals surface area contributed by atoms with Crippen LogP contribution < -0.4 is 5.32 Å². The summed E-state index contributed by atoms with van der Waals surface area (Å²) in [6.07, 6.45) is 0. The third kappa shape index (κ3) is 2.10. The molecule has 0 saturated carbocycles. The molecule has 1 aromatic carbocycles. The Bertz CT molecular complexity index is 357. The molecule has 0 fully saturated rings. The summed E-state index contributed by atoms with van der Waals surface area (Å²) < 4.78 is 0.578. The molecule has 0 heterocycles. The lowest BCUT2D eigenvalue weighted by Gasteiger charge is -2.04. The van der Waals surface area contributed by atoms with Crippen LogP contribution in [-0.2, 0) is 0 Å². The van der Waals surface area contributed by atoms with Gasteiger partial charge in [-0.05, 0) is 22.0 Å². The lowest BCUT2D eigenvalue weighted by molar-refractivity contribution is -0.384. The number of hydrogen-bond donors (Lipinski definition) is 1. The summed E-state index contributed by atoms with van der Waals surface area (Å²) in [5, 5.41) is 13.6. The maximum atomic E-state index is 10.6. The monoisotopic (exact) mass is 264 g/mol. The number of anilines is 1. The number of halogens is 2. The van der Waals surface area contributed by atoms with E-state index in [1.165, 1.54) is 6.07 Å². The molecule has 0 spiro atoms. The van der Waals surface area contributed by atoms with Crippen LogP contribution in [0.5, 0.6) is 0 Å². The molecule has 1 rings (SSSR count). The number of rotatable bonds is 2. The Morgan fingerprint density at radius 2 is 2.23 bits per heavy atom. The van der Waals surface area contributed by atoms with E-state index < -0.39 is 4.92 Å². The van der Waals surface area contributed by atoms with Gasteiger partial charge in [-0.2, -0.15) is 0 Å². The van der Waals surface area contributed by atoms with Crippen molar-refractivity contribution in [3.05, 3.63) is 31.7 Å². The van der Waals surface area contributed by atoms with Gasteiger partial charge in [0.15, 0.2) is 0 Å². The summed E-state index contributed by atoms with van der Waals surface area (Å²) in [7, 11) is 1.61. The summed E-state index contributed by atoms with van der Waals surface area (Å²) in [5.74, 6) is 0. The van der Waals surface area contributed by atoms with Crippen LogP contribution in [0.3, 0.4) is 0 Å². The second-order valence-corrected chi connectivity index (χ2v) is 3.58. The Labute approximate surface area is 88.2 Å². The van der Waals surface area contributed by atoms with Crippen LogP contribution in [0.2, 0.25) is 5.02 Å². The van der Waals surface area contributed by atoms with E-state index in [0.717, 1.165) is 0 Å². The molecule has 6 heteroatoms. The molecule has 0 bridgehead atoms. The van der Waals surface area contributed by atoms with E-state index in [0.29, 0.717) is 15.2 Å². The minimum absolute atomic E-state index is 0.0399. The molecule has 0 aliphatic rings. The summed E-state index contributed by atoms with van der Waals surface area (Å²) in [5.41, 5.74) is 0.385. The molecular weight excluding hydrogens is 259 g/mol. The first kappa shape index (κ1) is 10.3. The van der Waals surface area contributed by atoms with Gasteiger partial charge in [-0.1, -0.05) is 11.6 Å². The van der Waals surface area contributed by atoms with Crippen LogP contribution in [0.25, 0.3) is 0 Å². The molecule has 0 aromatic heterocycles. The third-order valence-electron chi connectivity index (χ3n) is 1.48. The number of hydrogen-bond acceptors (Lipinski definition) is 3. The predicted molar refractivity (Wildman–Crippen MR) is 55.4 cm³/mol. The van der Waals surface area contributed by atoms with Crippen molar-refractivity contribution in [3.63, 3.8) is 0 Å². The highest BCUT2D eigenvalue weighted by Gasteiger charge is 2.16. The molecule has 0 amide bonds. The Morgan fingerprint density at radius 1 is 1.62 bits per heavy atom. The number of benzene rings is 1. The van der Waals surface area contributed by atoms with Crippen LogP contribution in [0, 0.1) is 10.1 Å². The zero-order valence-electron chi connectivity index (χ0n) is 6.67. The zero-order chi connectivity index (χ0) is 10.0. The SMILES string of the molecule is CNc1c(Br)cc(Cl)cc1[N+](=O)[O-]. The molecule has 0 saturated heterocycles. The van der Waals surface area contributed by atoms with E-state index in [4.69, 9.17) is 11.6 Å². The zero-order valence-corrected chi connectivity index (χ0v) is 9.02. The first-order valence-corrected chi connectivity index (χ1v) is 4.54. The maximum Gasteiger partial charge on any atom is 0.294 e. The number of nitro benzene ring substituents is 1. The fraction of sp³-hybridized carbons (Fsp3) is 0.143. The molecule has 0 aliphatic carbocycles. The van der Waals surface area contributed by atoms with Crippen LogP contribution in [0.1, 0.15) is 0 Å². The van der Waals surface area contributed by atoms with Gasteiger partial charge in [-0.3, -0.25) is 10.1 Å². The van der Waals surface area contributed by atoms with Gasteiger partial charge in [0.1, 0.15) is 5.69 Å². The fourth-order valence-electron chi connectivity index (χ4n) is 0.951. The smallest absolute Gasteiger partial charge is 0.294 e. The van der Waals surface area contributed by atoms with E-state index in [-0.39, 0.29) is 5.69 Å². The van der Waals surface area contributed by atoms with E-state index in [1.54, 1.807) is 13.1 Å². The summed E-state index contributed by atoms with van der Waals surface area (Å²) in [4.78, 5) is 10.1. The average molecular weight is 265 g/mol. The van der Waals surface area contributed by atoms with Crippen molar-refractivity contribution in [1.29, 1.82) is 0 Å². The molecule has 13 heavy (non-hydrogen) atoms. The predicted octanol–water partition coefficient (Wildman–Crippen LogP) is 3.05. The summed E-state index contributed by atoms with van der Waals surface area (Å²) in [6, 6.07) is 2.90. The third-order valence-corrected chi connectivity index (χ3v) is 2.32. The van der Waals surface area contributed by atoms with Gasteiger partial charge >= 0.3 is 0 Å². The summed E-state index contributed by atoms with van der Waals surface area (Å²) in [6.45, 7) is 0. The van der Waals surface area contributed by atoms with Crippen LogP contribution in [0.15, 0.2) is 16.6 Å². The number of nitro groups is 1. The van der Waals surface area contributed by atoms with Crippen molar-refractivity contribution in [2.75, 3.05) is 12.4 Å². The highest BCUT2D eigenvalue weighted by atomic mass is 79.9. The van der Waals surface area contributed by atoms with Gasteiger partial charge in [-0.25, -0.2) is 0 Å². The van der Waals surface area contributed by atoms with E-state index in [1.807, 2.05) is 0 Å². The second kappa shape index (κ2) is 3.93. The molecule has 0 aliphatic heterocycles. The molecule has 0 radical (unpaired) electrons. The summed E-state index contributed by atoms with van der Waals surface area (Å²) >= 11 is 8.84. The normalized spacial score (nSPS) is 9.77. The van der Waals surface area contributed by atoms with Gasteiger partial charge in [0.2, 0.25) is 0 Å². The maximum absolute atomic E-state index is 10.6. The Hall–Kier alpha value is -0.810. The number of nitrogens with one attached hydrogen (secondary N) is 1. The average Bonchev–Trinajstić information content (AvgIpc) is 2.02. The second-order valence-electron chi connectivity index (χ2n) is 2.29. The van der Waals surface area contributed by atoms with Crippen molar-refractivity contribution in [3.8, 4) is 0 Å². The van der Waals surface area contributed by atoms with Crippen LogP contribution in [-0.4, -0.2) is 12.0 Å². The van der Waals surface area contributed by atoms with Crippen LogP contribution >= 0.6 is 27.5 Å². The Morgan fingerprint density at radius 3 is 2.69 bits per heavy atom. The lowest BCUT2D eigenvalue weighted by atomic mass is 10.3. The molecule has 70 valence electrons. The molecule has 0 atom stereocenters. The van der Waals surface area contributed by atoms with Crippen molar-refractivity contribution in [1.82, 2.24) is 0 Å². The molecule has 1 aromatic rings. The van der Waals surface area contributed by atoms with Crippen molar-refractivity contribution in [2.24, 2.45) is 0 Å². The fourth-order valence-corrected chi connectivity index (χ4v) is 1.94.